The van der Waals surface area contributed by atoms with E-state index in [-0.39, 0.29) is 5.91 Å². The minimum atomic E-state index is 0.0555. The predicted octanol–water partition coefficient (Wildman–Crippen LogP) is 4.07. The number of nitrogens with zero attached hydrogens (tertiary/aromatic N) is 1. The van der Waals surface area contributed by atoms with Crippen LogP contribution in [-0.4, -0.2) is 56.0 Å². The molecule has 0 unspecified atom stereocenters. The quantitative estimate of drug-likeness (QED) is 0.549. The number of amides is 1. The van der Waals surface area contributed by atoms with E-state index in [0.29, 0.717) is 24.9 Å². The van der Waals surface area contributed by atoms with Gasteiger partial charge in [0, 0.05) is 37.2 Å². The van der Waals surface area contributed by atoms with E-state index < -0.39 is 0 Å². The first kappa shape index (κ1) is 23.1. The van der Waals surface area contributed by atoms with Gasteiger partial charge < -0.3 is 14.8 Å². The van der Waals surface area contributed by atoms with Gasteiger partial charge >= 0.3 is 0 Å². The van der Waals surface area contributed by atoms with Crippen molar-refractivity contribution in [2.24, 2.45) is 0 Å². The van der Waals surface area contributed by atoms with E-state index in [1.54, 1.807) is 11.8 Å². The fourth-order valence-electron chi connectivity index (χ4n) is 4.40. The SMILES string of the molecule is CN(CCOc1cccc(CNC(=O)CSc2ccc3c(c2)CCC3)c1)C1CCOCC1. The number of carbonyl (C=O) groups is 1. The summed E-state index contributed by atoms with van der Waals surface area (Å²) < 4.78 is 11.4. The van der Waals surface area contributed by atoms with Crippen molar-refractivity contribution in [3.63, 3.8) is 0 Å². The molecular formula is C26H34N2O3S. The van der Waals surface area contributed by atoms with Gasteiger partial charge in [0.15, 0.2) is 0 Å². The third-order valence-corrected chi connectivity index (χ3v) is 7.35. The molecule has 172 valence electrons. The molecule has 1 fully saturated rings. The number of nitrogens with one attached hydrogen (secondary N) is 1. The average Bonchev–Trinajstić information content (AvgIpc) is 3.30. The van der Waals surface area contributed by atoms with Crippen LogP contribution in [0.1, 0.15) is 36.0 Å². The first-order valence-corrected chi connectivity index (χ1v) is 12.7. The Morgan fingerprint density at radius 2 is 2.00 bits per heavy atom. The number of hydrogen-bond acceptors (Lipinski definition) is 5. The van der Waals surface area contributed by atoms with Crippen LogP contribution in [0.25, 0.3) is 0 Å². The Morgan fingerprint density at radius 3 is 2.88 bits per heavy atom. The number of benzene rings is 2. The van der Waals surface area contributed by atoms with Gasteiger partial charge in [-0.15, -0.1) is 11.8 Å². The molecule has 5 nitrogen and oxygen atoms in total. The first-order valence-electron chi connectivity index (χ1n) is 11.7. The maximum atomic E-state index is 12.3. The Hall–Kier alpha value is -2.02. The molecule has 1 amide bonds. The van der Waals surface area contributed by atoms with Crippen molar-refractivity contribution in [3.8, 4) is 5.75 Å². The van der Waals surface area contributed by atoms with E-state index in [1.165, 1.54) is 35.3 Å². The monoisotopic (exact) mass is 454 g/mol. The van der Waals surface area contributed by atoms with Crippen LogP contribution in [0.4, 0.5) is 0 Å². The smallest absolute Gasteiger partial charge is 0.230 e. The molecule has 0 spiro atoms. The van der Waals surface area contributed by atoms with Gasteiger partial charge in [-0.1, -0.05) is 18.2 Å². The van der Waals surface area contributed by atoms with Crippen LogP contribution in [0.2, 0.25) is 0 Å². The van der Waals surface area contributed by atoms with E-state index in [4.69, 9.17) is 9.47 Å². The summed E-state index contributed by atoms with van der Waals surface area (Å²) in [6.07, 6.45) is 5.79. The summed E-state index contributed by atoms with van der Waals surface area (Å²) in [5.41, 5.74) is 3.97. The summed E-state index contributed by atoms with van der Waals surface area (Å²) in [6.45, 7) is 3.78. The third-order valence-electron chi connectivity index (χ3n) is 6.35. The fourth-order valence-corrected chi connectivity index (χ4v) is 5.19. The highest BCUT2D eigenvalue weighted by Gasteiger charge is 2.18. The highest BCUT2D eigenvalue weighted by atomic mass is 32.2. The molecule has 0 atom stereocenters. The standard InChI is InChI=1S/C26H34N2O3S/c1-28(23-10-13-30-14-11-23)12-15-31-24-7-2-4-20(16-24)18-27-26(29)19-32-25-9-8-21-5-3-6-22(21)17-25/h2,4,7-9,16-17,23H,3,5-6,10-15,18-19H2,1H3,(H,27,29). The molecule has 1 saturated heterocycles. The summed E-state index contributed by atoms with van der Waals surface area (Å²) in [4.78, 5) is 15.9. The van der Waals surface area contributed by atoms with Crippen LogP contribution in [0.3, 0.4) is 0 Å². The fraction of sp³-hybridized carbons (Fsp3) is 0.500. The zero-order valence-electron chi connectivity index (χ0n) is 19.0. The average molecular weight is 455 g/mol. The predicted molar refractivity (Wildman–Crippen MR) is 129 cm³/mol. The Kier molecular flexibility index (Phi) is 8.49. The van der Waals surface area contributed by atoms with Crippen molar-refractivity contribution < 1.29 is 14.3 Å². The molecule has 2 aromatic rings. The Balaban J connectivity index is 1.17. The van der Waals surface area contributed by atoms with Crippen molar-refractivity contribution in [1.29, 1.82) is 0 Å². The van der Waals surface area contributed by atoms with Crippen LogP contribution in [0.5, 0.6) is 5.75 Å². The number of ether oxygens (including phenoxy) is 2. The Labute approximate surface area is 195 Å². The van der Waals surface area contributed by atoms with Crippen LogP contribution < -0.4 is 10.1 Å². The lowest BCUT2D eigenvalue weighted by Crippen LogP contribution is -2.38. The normalized spacial score (nSPS) is 16.2. The van der Waals surface area contributed by atoms with Gasteiger partial charge in [-0.3, -0.25) is 9.69 Å². The van der Waals surface area contributed by atoms with E-state index in [9.17, 15) is 4.79 Å². The number of likely N-dealkylation sites (N-methyl/N-ethyl adjacent to an activating group) is 1. The molecule has 1 heterocycles. The zero-order valence-corrected chi connectivity index (χ0v) is 19.8. The van der Waals surface area contributed by atoms with Gasteiger partial charge in [-0.25, -0.2) is 0 Å². The van der Waals surface area contributed by atoms with E-state index in [2.05, 4.69) is 35.5 Å². The molecular weight excluding hydrogens is 420 g/mol. The molecule has 1 N–H and O–H groups in total. The van der Waals surface area contributed by atoms with Crippen molar-refractivity contribution in [1.82, 2.24) is 10.2 Å². The number of hydrogen-bond donors (Lipinski definition) is 1. The molecule has 0 saturated carbocycles. The highest BCUT2D eigenvalue weighted by Crippen LogP contribution is 2.27. The largest absolute Gasteiger partial charge is 0.492 e. The summed E-state index contributed by atoms with van der Waals surface area (Å²) in [6, 6.07) is 15.2. The Morgan fingerprint density at radius 1 is 1.16 bits per heavy atom. The highest BCUT2D eigenvalue weighted by molar-refractivity contribution is 8.00. The van der Waals surface area contributed by atoms with Crippen molar-refractivity contribution in [2.75, 3.05) is 39.2 Å². The summed E-state index contributed by atoms with van der Waals surface area (Å²) in [5, 5.41) is 3.03. The van der Waals surface area contributed by atoms with Crippen molar-refractivity contribution >= 4 is 17.7 Å². The third kappa shape index (κ3) is 6.74. The minimum absolute atomic E-state index is 0.0555. The van der Waals surface area contributed by atoms with Crippen LogP contribution in [0, 0.1) is 0 Å². The molecule has 1 aliphatic carbocycles. The maximum absolute atomic E-state index is 12.3. The Bertz CT molecular complexity index is 898. The van der Waals surface area contributed by atoms with Gasteiger partial charge in [-0.2, -0.15) is 0 Å². The number of carbonyl (C=O) groups excluding carboxylic acids is 1. The number of thioether (sulfide) groups is 1. The van der Waals surface area contributed by atoms with Gasteiger partial charge in [0.25, 0.3) is 0 Å². The number of aryl methyl sites for hydroxylation is 2. The molecule has 0 bridgehead atoms. The molecule has 2 aromatic carbocycles. The molecule has 0 aromatic heterocycles. The van der Waals surface area contributed by atoms with E-state index in [0.717, 1.165) is 43.9 Å². The molecule has 32 heavy (non-hydrogen) atoms. The molecule has 6 heteroatoms. The first-order chi connectivity index (χ1) is 15.7. The number of fused-ring (bicyclic) bond motifs is 1. The summed E-state index contributed by atoms with van der Waals surface area (Å²) in [7, 11) is 2.16. The van der Waals surface area contributed by atoms with E-state index >= 15 is 0 Å². The summed E-state index contributed by atoms with van der Waals surface area (Å²) in [5.74, 6) is 1.35. The van der Waals surface area contributed by atoms with Crippen molar-refractivity contribution in [2.45, 2.75) is 49.6 Å². The second-order valence-electron chi connectivity index (χ2n) is 8.67. The lowest BCUT2D eigenvalue weighted by molar-refractivity contribution is -0.118. The maximum Gasteiger partial charge on any atom is 0.230 e. The molecule has 1 aliphatic heterocycles. The lowest BCUT2D eigenvalue weighted by atomic mass is 10.1. The number of rotatable bonds is 10. The van der Waals surface area contributed by atoms with Gasteiger partial charge in [0.1, 0.15) is 12.4 Å². The van der Waals surface area contributed by atoms with Gasteiger partial charge in [0.05, 0.1) is 5.75 Å². The van der Waals surface area contributed by atoms with Crippen LogP contribution in [-0.2, 0) is 28.9 Å². The lowest BCUT2D eigenvalue weighted by Gasteiger charge is -2.31. The molecule has 2 aliphatic rings. The zero-order chi connectivity index (χ0) is 22.2. The topological polar surface area (TPSA) is 50.8 Å². The molecule has 4 rings (SSSR count). The van der Waals surface area contributed by atoms with Crippen LogP contribution >= 0.6 is 11.8 Å². The van der Waals surface area contributed by atoms with Gasteiger partial charge in [-0.05, 0) is 80.1 Å². The second kappa shape index (κ2) is 11.7. The van der Waals surface area contributed by atoms with Gasteiger partial charge in [0.2, 0.25) is 5.91 Å². The molecule has 0 radical (unpaired) electrons. The minimum Gasteiger partial charge on any atom is -0.492 e. The van der Waals surface area contributed by atoms with Crippen molar-refractivity contribution in [3.05, 3.63) is 59.2 Å². The van der Waals surface area contributed by atoms with E-state index in [1.807, 2.05) is 24.3 Å². The summed E-state index contributed by atoms with van der Waals surface area (Å²) >= 11 is 1.61. The van der Waals surface area contributed by atoms with Crippen LogP contribution in [0.15, 0.2) is 47.4 Å². The second-order valence-corrected chi connectivity index (χ2v) is 9.72.